The van der Waals surface area contributed by atoms with Crippen LogP contribution in [0, 0.1) is 0 Å². The Morgan fingerprint density at radius 1 is 1.25 bits per heavy atom. The first kappa shape index (κ1) is 10.2. The lowest BCUT2D eigenvalue weighted by molar-refractivity contribution is 0.711. The van der Waals surface area contributed by atoms with Gasteiger partial charge in [-0.2, -0.15) is 0 Å². The number of rotatable bonds is 1. The van der Waals surface area contributed by atoms with Crippen LogP contribution in [0.1, 0.15) is 23.1 Å². The van der Waals surface area contributed by atoms with Crippen LogP contribution in [0.4, 0.5) is 0 Å². The first-order valence-corrected chi connectivity index (χ1v) is 6.80. The van der Waals surface area contributed by atoms with Crippen molar-refractivity contribution in [3.05, 3.63) is 28.3 Å². The Labute approximate surface area is 99.7 Å². The molecule has 3 rings (SSSR count). The highest BCUT2D eigenvalue weighted by atomic mass is 32.1. The molecule has 0 fully saturated rings. The maximum Gasteiger partial charge on any atom is 0.0935 e. The van der Waals surface area contributed by atoms with Crippen LogP contribution in [-0.4, -0.2) is 18.1 Å². The highest BCUT2D eigenvalue weighted by molar-refractivity contribution is 7.18. The van der Waals surface area contributed by atoms with Gasteiger partial charge in [-0.3, -0.25) is 0 Å². The number of hydrogen-bond donors (Lipinski definition) is 1. The van der Waals surface area contributed by atoms with Crippen LogP contribution < -0.4 is 5.32 Å². The van der Waals surface area contributed by atoms with Gasteiger partial charge < -0.3 is 5.32 Å². The van der Waals surface area contributed by atoms with E-state index >= 15 is 0 Å². The van der Waals surface area contributed by atoms with Gasteiger partial charge >= 0.3 is 0 Å². The van der Waals surface area contributed by atoms with E-state index in [2.05, 4.69) is 29.4 Å². The lowest BCUT2D eigenvalue weighted by Gasteiger charge is -2.03. The van der Waals surface area contributed by atoms with Crippen LogP contribution in [0.2, 0.25) is 0 Å². The zero-order chi connectivity index (χ0) is 11.0. The molecule has 1 aliphatic heterocycles. The predicted molar refractivity (Wildman–Crippen MR) is 69.3 cm³/mol. The van der Waals surface area contributed by atoms with Gasteiger partial charge in [0.25, 0.3) is 0 Å². The van der Waals surface area contributed by atoms with Gasteiger partial charge in [0.1, 0.15) is 0 Å². The summed E-state index contributed by atoms with van der Waals surface area (Å²) in [5.74, 6) is 0. The molecule has 0 aliphatic carbocycles. The van der Waals surface area contributed by atoms with Crippen molar-refractivity contribution in [3.63, 3.8) is 0 Å². The smallest absolute Gasteiger partial charge is 0.0935 e. The van der Waals surface area contributed by atoms with Crippen molar-refractivity contribution in [2.24, 2.45) is 0 Å². The van der Waals surface area contributed by atoms with E-state index in [0.29, 0.717) is 0 Å². The SMILES string of the molecule is CCc1nc2cc3c(cc2s1)CCNCC3. The standard InChI is InChI=1S/C13H16N2S/c1-2-13-15-11-7-9-3-5-14-6-4-10(9)8-12(11)16-13/h7-8,14H,2-6H2,1H3. The summed E-state index contributed by atoms with van der Waals surface area (Å²) in [6.07, 6.45) is 3.35. The molecule has 0 atom stereocenters. The van der Waals surface area contributed by atoms with Gasteiger partial charge in [0, 0.05) is 0 Å². The molecule has 16 heavy (non-hydrogen) atoms. The molecule has 1 N–H and O–H groups in total. The summed E-state index contributed by atoms with van der Waals surface area (Å²) in [5.41, 5.74) is 4.21. The third kappa shape index (κ3) is 1.74. The number of benzene rings is 1. The highest BCUT2D eigenvalue weighted by Gasteiger charge is 2.11. The molecule has 84 valence electrons. The van der Waals surface area contributed by atoms with E-state index in [1.54, 1.807) is 0 Å². The minimum Gasteiger partial charge on any atom is -0.316 e. The molecule has 1 aliphatic rings. The quantitative estimate of drug-likeness (QED) is 0.817. The van der Waals surface area contributed by atoms with Crippen LogP contribution in [0.3, 0.4) is 0 Å². The van der Waals surface area contributed by atoms with Crippen molar-refractivity contribution in [2.45, 2.75) is 26.2 Å². The van der Waals surface area contributed by atoms with Gasteiger partial charge in [-0.15, -0.1) is 11.3 Å². The van der Waals surface area contributed by atoms with Gasteiger partial charge in [-0.25, -0.2) is 4.98 Å². The average Bonchev–Trinajstić information content (AvgIpc) is 2.56. The molecule has 0 spiro atoms. The molecule has 0 saturated heterocycles. The fraction of sp³-hybridized carbons (Fsp3) is 0.462. The van der Waals surface area contributed by atoms with Crippen LogP contribution in [0.5, 0.6) is 0 Å². The first-order chi connectivity index (χ1) is 7.86. The molecular weight excluding hydrogens is 216 g/mol. The van der Waals surface area contributed by atoms with Gasteiger partial charge in [0.05, 0.1) is 15.2 Å². The minimum absolute atomic E-state index is 1.05. The highest BCUT2D eigenvalue weighted by Crippen LogP contribution is 2.27. The van der Waals surface area contributed by atoms with Gasteiger partial charge in [-0.05, 0) is 55.6 Å². The normalized spacial score (nSPS) is 16.1. The molecule has 2 aromatic rings. The van der Waals surface area contributed by atoms with Gasteiger partial charge in [0.2, 0.25) is 0 Å². The predicted octanol–water partition coefficient (Wildman–Crippen LogP) is 2.55. The van der Waals surface area contributed by atoms with E-state index in [0.717, 1.165) is 32.4 Å². The number of aromatic nitrogens is 1. The van der Waals surface area contributed by atoms with Crippen LogP contribution >= 0.6 is 11.3 Å². The van der Waals surface area contributed by atoms with E-state index in [-0.39, 0.29) is 0 Å². The summed E-state index contributed by atoms with van der Waals surface area (Å²) in [4.78, 5) is 4.67. The monoisotopic (exact) mass is 232 g/mol. The molecule has 0 amide bonds. The summed E-state index contributed by atoms with van der Waals surface area (Å²) in [5, 5.41) is 4.70. The topological polar surface area (TPSA) is 24.9 Å². The van der Waals surface area contributed by atoms with Crippen molar-refractivity contribution < 1.29 is 0 Å². The lowest BCUT2D eigenvalue weighted by atomic mass is 10.0. The second-order valence-corrected chi connectivity index (χ2v) is 5.42. The van der Waals surface area contributed by atoms with Gasteiger partial charge in [0.15, 0.2) is 0 Å². The maximum atomic E-state index is 4.67. The summed E-state index contributed by atoms with van der Waals surface area (Å²) in [7, 11) is 0. The van der Waals surface area contributed by atoms with Crippen molar-refractivity contribution in [1.82, 2.24) is 10.3 Å². The Bertz CT molecular complexity index is 473. The van der Waals surface area contributed by atoms with Crippen LogP contribution in [0.25, 0.3) is 10.2 Å². The largest absolute Gasteiger partial charge is 0.316 e. The molecule has 1 aromatic carbocycles. The summed E-state index contributed by atoms with van der Waals surface area (Å²) in [6, 6.07) is 4.65. The number of aryl methyl sites for hydroxylation is 1. The van der Waals surface area contributed by atoms with Crippen molar-refractivity contribution in [2.75, 3.05) is 13.1 Å². The van der Waals surface area contributed by atoms with E-state index < -0.39 is 0 Å². The lowest BCUT2D eigenvalue weighted by Crippen LogP contribution is -2.16. The summed E-state index contributed by atoms with van der Waals surface area (Å²) >= 11 is 1.85. The fourth-order valence-electron chi connectivity index (χ4n) is 2.29. The van der Waals surface area contributed by atoms with Gasteiger partial charge in [-0.1, -0.05) is 6.92 Å². The molecule has 2 nitrogen and oxygen atoms in total. The molecule has 1 aromatic heterocycles. The fourth-order valence-corrected chi connectivity index (χ4v) is 3.25. The third-order valence-corrected chi connectivity index (χ3v) is 4.36. The van der Waals surface area contributed by atoms with Crippen molar-refractivity contribution >= 4 is 21.6 Å². The van der Waals surface area contributed by atoms with E-state index in [1.165, 1.54) is 26.4 Å². The minimum atomic E-state index is 1.05. The second kappa shape index (κ2) is 4.15. The Morgan fingerprint density at radius 2 is 2.00 bits per heavy atom. The van der Waals surface area contributed by atoms with E-state index in [9.17, 15) is 0 Å². The Hall–Kier alpha value is -0.930. The molecule has 0 unspecified atom stereocenters. The second-order valence-electron chi connectivity index (χ2n) is 4.30. The average molecular weight is 232 g/mol. The van der Waals surface area contributed by atoms with E-state index in [1.807, 2.05) is 11.3 Å². The molecular formula is C13H16N2S. The summed E-state index contributed by atoms with van der Waals surface area (Å²) in [6.45, 7) is 4.38. The number of nitrogens with zero attached hydrogens (tertiary/aromatic N) is 1. The molecule has 2 heterocycles. The van der Waals surface area contributed by atoms with Crippen LogP contribution in [0.15, 0.2) is 12.1 Å². The number of fused-ring (bicyclic) bond motifs is 2. The zero-order valence-electron chi connectivity index (χ0n) is 9.55. The first-order valence-electron chi connectivity index (χ1n) is 5.99. The van der Waals surface area contributed by atoms with Crippen molar-refractivity contribution in [1.29, 1.82) is 0 Å². The van der Waals surface area contributed by atoms with E-state index in [4.69, 9.17) is 0 Å². The molecule has 0 saturated carbocycles. The number of thiazole rings is 1. The third-order valence-electron chi connectivity index (χ3n) is 3.20. The molecule has 3 heteroatoms. The molecule has 0 bridgehead atoms. The number of hydrogen-bond acceptors (Lipinski definition) is 3. The summed E-state index contributed by atoms with van der Waals surface area (Å²) < 4.78 is 1.36. The molecule has 0 radical (unpaired) electrons. The Balaban J connectivity index is 2.14. The maximum absolute atomic E-state index is 4.67. The number of nitrogens with one attached hydrogen (secondary N) is 1. The Morgan fingerprint density at radius 3 is 2.75 bits per heavy atom. The van der Waals surface area contributed by atoms with Crippen LogP contribution in [-0.2, 0) is 19.3 Å². The van der Waals surface area contributed by atoms with Crippen molar-refractivity contribution in [3.8, 4) is 0 Å². The zero-order valence-corrected chi connectivity index (χ0v) is 10.4. The Kier molecular flexibility index (Phi) is 2.65.